The average Bonchev–Trinajstić information content (AvgIpc) is 3.04. The maximum absolute atomic E-state index is 12.8. The first kappa shape index (κ1) is 31.0. The van der Waals surface area contributed by atoms with Crippen molar-refractivity contribution in [2.75, 3.05) is 0 Å². The van der Waals surface area contributed by atoms with Crippen LogP contribution in [0.15, 0.2) is 132 Å². The molecule has 0 radical (unpaired) electrons. The van der Waals surface area contributed by atoms with Gasteiger partial charge in [0, 0.05) is 23.0 Å². The predicted octanol–water partition coefficient (Wildman–Crippen LogP) is 9.00. The quantitative estimate of drug-likeness (QED) is 0.130. The van der Waals surface area contributed by atoms with Crippen molar-refractivity contribution in [1.82, 2.24) is 0 Å². The van der Waals surface area contributed by atoms with E-state index >= 15 is 0 Å². The Morgan fingerprint density at radius 2 is 0.909 bits per heavy atom. The third-order valence-corrected chi connectivity index (χ3v) is 9.49. The van der Waals surface area contributed by atoms with Gasteiger partial charge in [-0.05, 0) is 53.0 Å². The third-order valence-electron chi connectivity index (χ3n) is 8.63. The highest BCUT2D eigenvalue weighted by molar-refractivity contribution is 7.86. The molecule has 3 N–H and O–H groups in total. The summed E-state index contributed by atoms with van der Waals surface area (Å²) in [6.07, 6.45) is 1.02. The van der Waals surface area contributed by atoms with E-state index in [9.17, 15) is 23.2 Å². The number of hydrogen-bond acceptors (Lipinski definition) is 4. The lowest BCUT2D eigenvalue weighted by Gasteiger charge is -2.29. The summed E-state index contributed by atoms with van der Waals surface area (Å²) in [7, 11) is -4.85. The lowest BCUT2D eigenvalue weighted by molar-refractivity contribution is 0.405. The number of hydrogen-bond donors (Lipinski definition) is 3. The van der Waals surface area contributed by atoms with E-state index < -0.39 is 32.6 Å². The predicted molar refractivity (Wildman–Crippen MR) is 175 cm³/mol. The minimum absolute atomic E-state index is 0.000990. The fourth-order valence-corrected chi connectivity index (χ4v) is 6.88. The molecule has 5 aromatic rings. The molecule has 0 spiro atoms. The normalized spacial score (nSPS) is 14.4. The molecule has 5 nitrogen and oxygen atoms in total. The molecule has 4 atom stereocenters. The highest BCUT2D eigenvalue weighted by Gasteiger charge is 2.34. The highest BCUT2D eigenvalue weighted by Crippen LogP contribution is 2.50. The van der Waals surface area contributed by atoms with Crippen LogP contribution in [0.25, 0.3) is 0 Å². The van der Waals surface area contributed by atoms with Crippen molar-refractivity contribution in [2.45, 2.75) is 55.3 Å². The zero-order chi connectivity index (χ0) is 31.3. The van der Waals surface area contributed by atoms with Gasteiger partial charge in [-0.15, -0.1) is 0 Å². The molecule has 226 valence electrons. The van der Waals surface area contributed by atoms with Gasteiger partial charge in [-0.25, -0.2) is 0 Å². The zero-order valence-corrected chi connectivity index (χ0v) is 25.7. The van der Waals surface area contributed by atoms with Gasteiger partial charge in [0.2, 0.25) is 0 Å². The number of aromatic hydroxyl groups is 2. The van der Waals surface area contributed by atoms with Crippen LogP contribution in [-0.2, 0) is 10.1 Å². The van der Waals surface area contributed by atoms with Gasteiger partial charge < -0.3 is 10.2 Å². The van der Waals surface area contributed by atoms with Crippen molar-refractivity contribution >= 4 is 10.1 Å². The summed E-state index contributed by atoms with van der Waals surface area (Å²) < 4.78 is 35.9. The Kier molecular flexibility index (Phi) is 9.52. The van der Waals surface area contributed by atoms with E-state index in [0.717, 1.165) is 22.3 Å². The van der Waals surface area contributed by atoms with Crippen LogP contribution >= 0.6 is 0 Å². The summed E-state index contributed by atoms with van der Waals surface area (Å²) in [5.41, 5.74) is 4.33. The molecule has 0 heterocycles. The van der Waals surface area contributed by atoms with E-state index in [1.54, 1.807) is 0 Å². The first-order valence-corrected chi connectivity index (χ1v) is 16.3. The highest BCUT2D eigenvalue weighted by atomic mass is 32.2. The van der Waals surface area contributed by atoms with E-state index in [1.165, 1.54) is 6.07 Å². The minimum Gasteiger partial charge on any atom is -0.507 e. The molecule has 5 aromatic carbocycles. The minimum atomic E-state index is -4.85. The molecule has 5 rings (SSSR count). The third kappa shape index (κ3) is 6.88. The van der Waals surface area contributed by atoms with Gasteiger partial charge >= 0.3 is 0 Å². The molecule has 0 aliphatic carbocycles. The second-order valence-corrected chi connectivity index (χ2v) is 13.0. The molecular formula is C38H38O5S. The fraction of sp³-hybridized carbons (Fsp3) is 0.211. The fourth-order valence-electron chi connectivity index (χ4n) is 6.25. The molecule has 0 saturated heterocycles. The van der Waals surface area contributed by atoms with E-state index in [4.69, 9.17) is 0 Å². The Hall–Kier alpha value is -4.39. The van der Waals surface area contributed by atoms with Crippen molar-refractivity contribution in [1.29, 1.82) is 0 Å². The molecule has 0 saturated carbocycles. The van der Waals surface area contributed by atoms with E-state index in [1.807, 2.05) is 109 Å². The van der Waals surface area contributed by atoms with Crippen molar-refractivity contribution < 1.29 is 23.2 Å². The van der Waals surface area contributed by atoms with Crippen molar-refractivity contribution in [3.8, 4) is 11.5 Å². The SMILES string of the molecule is CC(CC(c1ccccc1)c1cc(S(=O)(=O)O)c(O)c(C(CC(C)c2ccccc2)c2ccccc2)c1O)c1ccccc1. The Morgan fingerprint density at radius 3 is 1.32 bits per heavy atom. The molecule has 0 bridgehead atoms. The first-order valence-electron chi connectivity index (χ1n) is 14.9. The lowest BCUT2D eigenvalue weighted by atomic mass is 9.77. The topological polar surface area (TPSA) is 94.8 Å². The smallest absolute Gasteiger partial charge is 0.298 e. The average molecular weight is 607 g/mol. The van der Waals surface area contributed by atoms with Crippen LogP contribution < -0.4 is 0 Å². The Bertz CT molecular complexity index is 1770. The van der Waals surface area contributed by atoms with E-state index in [2.05, 4.69) is 26.0 Å². The molecule has 0 aliphatic rings. The van der Waals surface area contributed by atoms with Gasteiger partial charge in [0.05, 0.1) is 0 Å². The summed E-state index contributed by atoms with van der Waals surface area (Å²) in [5, 5.41) is 23.7. The molecular weight excluding hydrogens is 568 g/mol. The van der Waals surface area contributed by atoms with Crippen LogP contribution in [0.5, 0.6) is 11.5 Å². The van der Waals surface area contributed by atoms with Gasteiger partial charge in [-0.3, -0.25) is 4.55 Å². The van der Waals surface area contributed by atoms with Crippen molar-refractivity contribution in [3.05, 3.63) is 161 Å². The van der Waals surface area contributed by atoms with E-state index in [-0.39, 0.29) is 23.1 Å². The summed E-state index contributed by atoms with van der Waals surface area (Å²) in [4.78, 5) is -0.609. The molecule has 0 aromatic heterocycles. The maximum Gasteiger partial charge on any atom is 0.298 e. The van der Waals surface area contributed by atoms with Crippen LogP contribution in [0, 0.1) is 0 Å². The van der Waals surface area contributed by atoms with Crippen LogP contribution in [0.4, 0.5) is 0 Å². The molecule has 6 heteroatoms. The summed E-state index contributed by atoms with van der Waals surface area (Å²) in [5.74, 6) is -1.76. The number of phenols is 2. The maximum atomic E-state index is 12.8. The van der Waals surface area contributed by atoms with Gasteiger partial charge in [-0.1, -0.05) is 135 Å². The van der Waals surface area contributed by atoms with Gasteiger partial charge in [-0.2, -0.15) is 8.42 Å². The standard InChI is InChI=1S/C38H38O5S/c1-26(28-15-7-3-8-16-28)23-32(30-19-11-5-12-20-30)34-25-35(44(41,42)43)38(40)36(37(34)39)33(31-21-13-6-14-22-31)24-27(2)29-17-9-4-10-18-29/h3-22,25-27,32-33,39-40H,23-24H2,1-2H3,(H,41,42,43). The first-order chi connectivity index (χ1) is 21.1. The summed E-state index contributed by atoms with van der Waals surface area (Å²) in [6, 6.07) is 40.3. The van der Waals surface area contributed by atoms with Crippen LogP contribution in [0.3, 0.4) is 0 Å². The van der Waals surface area contributed by atoms with Gasteiger partial charge in [0.1, 0.15) is 16.4 Å². The molecule has 44 heavy (non-hydrogen) atoms. The number of phenolic OH excluding ortho intramolecular Hbond substituents is 2. The second-order valence-electron chi connectivity index (χ2n) is 11.6. The van der Waals surface area contributed by atoms with Crippen molar-refractivity contribution in [3.63, 3.8) is 0 Å². The Labute approximate surface area is 260 Å². The Balaban J connectivity index is 1.73. The monoisotopic (exact) mass is 606 g/mol. The summed E-state index contributed by atoms with van der Waals surface area (Å²) in [6.45, 7) is 4.17. The number of rotatable bonds is 11. The summed E-state index contributed by atoms with van der Waals surface area (Å²) >= 11 is 0. The zero-order valence-electron chi connectivity index (χ0n) is 24.9. The van der Waals surface area contributed by atoms with Crippen molar-refractivity contribution in [2.24, 2.45) is 0 Å². The largest absolute Gasteiger partial charge is 0.507 e. The van der Waals surface area contributed by atoms with Gasteiger partial charge in [0.15, 0.2) is 0 Å². The molecule has 4 unspecified atom stereocenters. The number of benzene rings is 5. The molecule has 0 aliphatic heterocycles. The lowest BCUT2D eigenvalue weighted by Crippen LogP contribution is -2.13. The molecule has 0 fully saturated rings. The van der Waals surface area contributed by atoms with E-state index in [0.29, 0.717) is 18.4 Å². The van der Waals surface area contributed by atoms with Crippen LogP contribution in [0.2, 0.25) is 0 Å². The molecule has 0 amide bonds. The van der Waals surface area contributed by atoms with Gasteiger partial charge in [0.25, 0.3) is 10.1 Å². The van der Waals surface area contributed by atoms with Crippen LogP contribution in [0.1, 0.15) is 83.7 Å². The Morgan fingerprint density at radius 1 is 0.545 bits per heavy atom. The van der Waals surface area contributed by atoms with Crippen LogP contribution in [-0.4, -0.2) is 23.2 Å². The second kappa shape index (κ2) is 13.5.